The SMILES string of the molecule is CC[C@H](C)c1ccccc1OCCCCNCCCOC. The largest absolute Gasteiger partial charge is 0.493 e. The summed E-state index contributed by atoms with van der Waals surface area (Å²) in [4.78, 5) is 0. The molecule has 1 N–H and O–H groups in total. The molecule has 0 amide bonds. The second-order valence-electron chi connectivity index (χ2n) is 5.50. The Balaban J connectivity index is 2.15. The van der Waals surface area contributed by atoms with Gasteiger partial charge in [0, 0.05) is 13.7 Å². The summed E-state index contributed by atoms with van der Waals surface area (Å²) in [6.07, 6.45) is 4.46. The summed E-state index contributed by atoms with van der Waals surface area (Å²) >= 11 is 0. The number of para-hydroxylation sites is 1. The molecule has 1 atom stereocenters. The first kappa shape index (κ1) is 18.0. The van der Waals surface area contributed by atoms with Crippen molar-refractivity contribution in [3.8, 4) is 5.75 Å². The molecule has 0 aliphatic carbocycles. The van der Waals surface area contributed by atoms with Gasteiger partial charge >= 0.3 is 0 Å². The summed E-state index contributed by atoms with van der Waals surface area (Å²) in [5, 5.41) is 3.42. The molecule has 0 aliphatic heterocycles. The van der Waals surface area contributed by atoms with E-state index in [2.05, 4.69) is 43.4 Å². The quantitative estimate of drug-likeness (QED) is 0.591. The van der Waals surface area contributed by atoms with Crippen LogP contribution in [0.1, 0.15) is 51.0 Å². The lowest BCUT2D eigenvalue weighted by Gasteiger charge is -2.15. The lowest BCUT2D eigenvalue weighted by molar-refractivity contribution is 0.194. The van der Waals surface area contributed by atoms with Crippen molar-refractivity contribution in [2.45, 2.75) is 45.4 Å². The van der Waals surface area contributed by atoms with Gasteiger partial charge in [0.05, 0.1) is 6.61 Å². The number of benzene rings is 1. The van der Waals surface area contributed by atoms with Crippen LogP contribution in [0, 0.1) is 0 Å². The van der Waals surface area contributed by atoms with Crippen LogP contribution in [-0.2, 0) is 4.74 Å². The van der Waals surface area contributed by atoms with Crippen molar-refractivity contribution >= 4 is 0 Å². The number of ether oxygens (including phenoxy) is 2. The molecule has 0 saturated heterocycles. The monoisotopic (exact) mass is 293 g/mol. The minimum absolute atomic E-state index is 0.559. The maximum Gasteiger partial charge on any atom is 0.122 e. The molecule has 1 aromatic rings. The van der Waals surface area contributed by atoms with Crippen molar-refractivity contribution in [2.75, 3.05) is 33.4 Å². The normalized spacial score (nSPS) is 12.3. The number of hydrogen-bond acceptors (Lipinski definition) is 3. The van der Waals surface area contributed by atoms with Gasteiger partial charge in [-0.25, -0.2) is 0 Å². The van der Waals surface area contributed by atoms with Crippen LogP contribution in [0.2, 0.25) is 0 Å². The predicted octanol–water partition coefficient (Wildman–Crippen LogP) is 3.99. The van der Waals surface area contributed by atoms with Gasteiger partial charge in [-0.3, -0.25) is 0 Å². The summed E-state index contributed by atoms with van der Waals surface area (Å²) < 4.78 is 11.0. The van der Waals surface area contributed by atoms with E-state index in [0.717, 1.165) is 57.7 Å². The van der Waals surface area contributed by atoms with E-state index in [9.17, 15) is 0 Å². The zero-order valence-corrected chi connectivity index (χ0v) is 13.9. The first-order chi connectivity index (χ1) is 10.3. The molecule has 120 valence electrons. The molecule has 3 nitrogen and oxygen atoms in total. The van der Waals surface area contributed by atoms with E-state index in [4.69, 9.17) is 9.47 Å². The Bertz CT molecular complexity index is 368. The molecule has 0 aliphatic rings. The Morgan fingerprint density at radius 1 is 1.05 bits per heavy atom. The Hall–Kier alpha value is -1.06. The fraction of sp³-hybridized carbons (Fsp3) is 0.667. The van der Waals surface area contributed by atoms with E-state index in [-0.39, 0.29) is 0 Å². The maximum absolute atomic E-state index is 5.96. The minimum atomic E-state index is 0.559. The third kappa shape index (κ3) is 7.49. The van der Waals surface area contributed by atoms with Gasteiger partial charge in [0.25, 0.3) is 0 Å². The molecule has 0 saturated carbocycles. The first-order valence-corrected chi connectivity index (χ1v) is 8.21. The van der Waals surface area contributed by atoms with Crippen LogP contribution >= 0.6 is 0 Å². The molecule has 0 aromatic heterocycles. The van der Waals surface area contributed by atoms with E-state index in [1.165, 1.54) is 5.56 Å². The third-order valence-electron chi connectivity index (χ3n) is 3.77. The molecule has 3 heteroatoms. The van der Waals surface area contributed by atoms with Gasteiger partial charge < -0.3 is 14.8 Å². The Kier molecular flexibility index (Phi) is 9.92. The second kappa shape index (κ2) is 11.6. The lowest BCUT2D eigenvalue weighted by atomic mass is 9.98. The average molecular weight is 293 g/mol. The summed E-state index contributed by atoms with van der Waals surface area (Å²) in [5.74, 6) is 1.61. The molecule has 0 radical (unpaired) electrons. The highest BCUT2D eigenvalue weighted by Crippen LogP contribution is 2.28. The van der Waals surface area contributed by atoms with Crippen molar-refractivity contribution in [3.63, 3.8) is 0 Å². The van der Waals surface area contributed by atoms with Crippen molar-refractivity contribution in [2.24, 2.45) is 0 Å². The van der Waals surface area contributed by atoms with Crippen molar-refractivity contribution < 1.29 is 9.47 Å². The van der Waals surface area contributed by atoms with Gasteiger partial charge in [-0.05, 0) is 56.3 Å². The summed E-state index contributed by atoms with van der Waals surface area (Å²) in [7, 11) is 1.74. The van der Waals surface area contributed by atoms with Gasteiger partial charge in [0.1, 0.15) is 5.75 Å². The molecule has 0 unspecified atom stereocenters. The minimum Gasteiger partial charge on any atom is -0.493 e. The summed E-state index contributed by atoms with van der Waals surface area (Å²) in [6.45, 7) is 8.20. The van der Waals surface area contributed by atoms with E-state index in [0.29, 0.717) is 5.92 Å². The fourth-order valence-corrected chi connectivity index (χ4v) is 2.24. The Morgan fingerprint density at radius 3 is 2.57 bits per heavy atom. The number of nitrogens with one attached hydrogen (secondary N) is 1. The van der Waals surface area contributed by atoms with Crippen LogP contribution in [0.5, 0.6) is 5.75 Å². The molecular weight excluding hydrogens is 262 g/mol. The zero-order valence-electron chi connectivity index (χ0n) is 13.9. The molecule has 1 aromatic carbocycles. The molecule has 1 rings (SSSR count). The van der Waals surface area contributed by atoms with Gasteiger partial charge in [0.15, 0.2) is 0 Å². The predicted molar refractivity (Wildman–Crippen MR) is 89.2 cm³/mol. The van der Waals surface area contributed by atoms with Crippen LogP contribution in [0.15, 0.2) is 24.3 Å². The van der Waals surface area contributed by atoms with E-state index >= 15 is 0 Å². The maximum atomic E-state index is 5.96. The van der Waals surface area contributed by atoms with E-state index in [1.54, 1.807) is 7.11 Å². The second-order valence-corrected chi connectivity index (χ2v) is 5.50. The van der Waals surface area contributed by atoms with Gasteiger partial charge in [-0.2, -0.15) is 0 Å². The Morgan fingerprint density at radius 2 is 1.81 bits per heavy atom. The van der Waals surface area contributed by atoms with Gasteiger partial charge in [-0.15, -0.1) is 0 Å². The van der Waals surface area contributed by atoms with Gasteiger partial charge in [0.2, 0.25) is 0 Å². The summed E-state index contributed by atoms with van der Waals surface area (Å²) in [5.41, 5.74) is 1.33. The fourth-order valence-electron chi connectivity index (χ4n) is 2.24. The van der Waals surface area contributed by atoms with Crippen molar-refractivity contribution in [1.82, 2.24) is 5.32 Å². The van der Waals surface area contributed by atoms with Gasteiger partial charge in [-0.1, -0.05) is 32.0 Å². The van der Waals surface area contributed by atoms with Crippen molar-refractivity contribution in [1.29, 1.82) is 0 Å². The van der Waals surface area contributed by atoms with Crippen LogP contribution in [0.25, 0.3) is 0 Å². The standard InChI is InChI=1S/C18H31NO2/c1-4-16(2)17-10-5-6-11-18(17)21-15-8-7-12-19-13-9-14-20-3/h5-6,10-11,16,19H,4,7-9,12-15H2,1-3H3/t16-/m0/s1. The van der Waals surface area contributed by atoms with Crippen LogP contribution < -0.4 is 10.1 Å². The first-order valence-electron chi connectivity index (χ1n) is 8.21. The summed E-state index contributed by atoms with van der Waals surface area (Å²) in [6, 6.07) is 8.42. The van der Waals surface area contributed by atoms with Crippen LogP contribution in [0.3, 0.4) is 0 Å². The number of methoxy groups -OCH3 is 1. The highest BCUT2D eigenvalue weighted by molar-refractivity contribution is 5.35. The van der Waals surface area contributed by atoms with E-state index < -0.39 is 0 Å². The number of rotatable bonds is 12. The molecule has 0 bridgehead atoms. The number of hydrogen-bond donors (Lipinski definition) is 1. The molecule has 0 fully saturated rings. The lowest BCUT2D eigenvalue weighted by Crippen LogP contribution is -2.18. The molecule has 0 spiro atoms. The Labute approximate surface area is 130 Å². The van der Waals surface area contributed by atoms with Crippen LogP contribution in [0.4, 0.5) is 0 Å². The molecule has 21 heavy (non-hydrogen) atoms. The molecule has 0 heterocycles. The molecular formula is C18H31NO2. The third-order valence-corrected chi connectivity index (χ3v) is 3.77. The smallest absolute Gasteiger partial charge is 0.122 e. The van der Waals surface area contributed by atoms with Crippen molar-refractivity contribution in [3.05, 3.63) is 29.8 Å². The highest BCUT2D eigenvalue weighted by atomic mass is 16.5. The number of unbranched alkanes of at least 4 members (excludes halogenated alkanes) is 1. The van der Waals surface area contributed by atoms with E-state index in [1.807, 2.05) is 0 Å². The average Bonchev–Trinajstić information content (AvgIpc) is 2.53. The van der Waals surface area contributed by atoms with Crippen LogP contribution in [-0.4, -0.2) is 33.4 Å². The topological polar surface area (TPSA) is 30.5 Å². The zero-order chi connectivity index (χ0) is 15.3. The highest BCUT2D eigenvalue weighted by Gasteiger charge is 2.08.